The van der Waals surface area contributed by atoms with Crippen LogP contribution in [-0.2, 0) is 17.9 Å². The number of rotatable bonds is 4. The van der Waals surface area contributed by atoms with Gasteiger partial charge in [-0.05, 0) is 37.5 Å². The highest BCUT2D eigenvalue weighted by molar-refractivity contribution is 6.02. The predicted octanol–water partition coefficient (Wildman–Crippen LogP) is 4.24. The summed E-state index contributed by atoms with van der Waals surface area (Å²) in [6.07, 6.45) is 6.94. The van der Waals surface area contributed by atoms with Gasteiger partial charge < -0.3 is 19.2 Å². The molecule has 31 heavy (non-hydrogen) atoms. The van der Waals surface area contributed by atoms with E-state index in [1.165, 1.54) is 18.6 Å². The molecule has 1 aliphatic heterocycles. The Hall–Kier alpha value is -3.09. The number of carbonyl (C=O) groups is 2. The van der Waals surface area contributed by atoms with Gasteiger partial charge in [-0.15, -0.1) is 0 Å². The zero-order valence-electron chi connectivity index (χ0n) is 17.6. The maximum Gasteiger partial charge on any atom is 0.271 e. The number of carbonyl (C=O) groups excluding carboxylic acids is 2. The van der Waals surface area contributed by atoms with Crippen LogP contribution in [0.25, 0.3) is 11.1 Å². The Morgan fingerprint density at radius 1 is 1.19 bits per heavy atom. The second-order valence-electron chi connectivity index (χ2n) is 8.89. The summed E-state index contributed by atoms with van der Waals surface area (Å²) < 4.78 is 20.8. The first-order chi connectivity index (χ1) is 15.0. The minimum atomic E-state index is -1.08. The first-order valence-electron chi connectivity index (χ1n) is 10.9. The summed E-state index contributed by atoms with van der Waals surface area (Å²) >= 11 is 0. The van der Waals surface area contributed by atoms with Crippen LogP contribution in [0.1, 0.15) is 55.1 Å². The number of nitrogens with zero attached hydrogens (tertiary/aromatic N) is 2. The molecule has 0 spiro atoms. The molecular formula is C24H26FN3O3. The fourth-order valence-corrected chi connectivity index (χ4v) is 4.88. The normalized spacial score (nSPS) is 22.0. The van der Waals surface area contributed by atoms with Crippen LogP contribution in [0.3, 0.4) is 0 Å². The second kappa shape index (κ2) is 7.55. The van der Waals surface area contributed by atoms with Gasteiger partial charge in [0.15, 0.2) is 5.58 Å². The number of hydrogen-bond donors (Lipinski definition) is 1. The standard InChI is InChI=1S/C24H26FN3O3/c1-24(23(30)26-18-5-3-2-4-6-18)15-27-19-11-12-31-21(19)13-20(27)22(29)28(24)14-16-7-9-17(25)10-8-16/h7-13,18H,2-6,14-15H2,1H3,(H,26,30)/t24-/m1/s1. The Balaban J connectivity index is 1.52. The van der Waals surface area contributed by atoms with Crippen LogP contribution in [0.4, 0.5) is 4.39 Å². The Morgan fingerprint density at radius 2 is 1.94 bits per heavy atom. The maximum atomic E-state index is 13.6. The zero-order chi connectivity index (χ0) is 21.6. The first-order valence-corrected chi connectivity index (χ1v) is 10.9. The van der Waals surface area contributed by atoms with Crippen molar-refractivity contribution in [3.8, 4) is 0 Å². The highest BCUT2D eigenvalue weighted by Gasteiger charge is 2.48. The van der Waals surface area contributed by atoms with E-state index in [1.54, 1.807) is 29.4 Å². The summed E-state index contributed by atoms with van der Waals surface area (Å²) in [5.74, 6) is -0.713. The van der Waals surface area contributed by atoms with Crippen LogP contribution < -0.4 is 5.32 Å². The van der Waals surface area contributed by atoms with E-state index in [2.05, 4.69) is 5.32 Å². The highest BCUT2D eigenvalue weighted by atomic mass is 19.1. The number of amides is 2. The molecule has 1 aliphatic carbocycles. The fourth-order valence-electron chi connectivity index (χ4n) is 4.88. The summed E-state index contributed by atoms with van der Waals surface area (Å²) in [7, 11) is 0. The minimum Gasteiger partial charge on any atom is -0.463 e. The average Bonchev–Trinajstić information content (AvgIpc) is 3.36. The van der Waals surface area contributed by atoms with Crippen molar-refractivity contribution in [2.75, 3.05) is 0 Å². The first kappa shape index (κ1) is 19.8. The van der Waals surface area contributed by atoms with Crippen LogP contribution in [0, 0.1) is 5.82 Å². The van der Waals surface area contributed by atoms with E-state index in [9.17, 15) is 14.0 Å². The molecule has 1 aromatic carbocycles. The molecule has 0 saturated heterocycles. The van der Waals surface area contributed by atoms with E-state index in [0.717, 1.165) is 36.8 Å². The fraction of sp³-hybridized carbons (Fsp3) is 0.417. The molecular weight excluding hydrogens is 397 g/mol. The van der Waals surface area contributed by atoms with E-state index >= 15 is 0 Å². The lowest BCUT2D eigenvalue weighted by atomic mass is 9.91. The van der Waals surface area contributed by atoms with Crippen molar-refractivity contribution in [1.29, 1.82) is 0 Å². The molecule has 5 rings (SSSR count). The van der Waals surface area contributed by atoms with Crippen molar-refractivity contribution in [2.24, 2.45) is 0 Å². The predicted molar refractivity (Wildman–Crippen MR) is 114 cm³/mol. The molecule has 0 radical (unpaired) electrons. The molecule has 3 aromatic rings. The highest BCUT2D eigenvalue weighted by Crippen LogP contribution is 2.34. The molecule has 0 unspecified atom stereocenters. The average molecular weight is 423 g/mol. The van der Waals surface area contributed by atoms with Crippen LogP contribution in [0.15, 0.2) is 47.1 Å². The van der Waals surface area contributed by atoms with Crippen molar-refractivity contribution >= 4 is 22.9 Å². The summed E-state index contributed by atoms with van der Waals surface area (Å²) in [6, 6.07) is 9.75. The molecule has 6 nitrogen and oxygen atoms in total. The van der Waals surface area contributed by atoms with E-state index in [-0.39, 0.29) is 30.2 Å². The molecule has 7 heteroatoms. The summed E-state index contributed by atoms with van der Waals surface area (Å²) in [6.45, 7) is 2.37. The number of furan rings is 1. The lowest BCUT2D eigenvalue weighted by molar-refractivity contribution is -0.134. The van der Waals surface area contributed by atoms with Gasteiger partial charge >= 0.3 is 0 Å². The van der Waals surface area contributed by atoms with Crippen molar-refractivity contribution in [1.82, 2.24) is 14.8 Å². The molecule has 0 bridgehead atoms. The number of benzene rings is 1. The third kappa shape index (κ3) is 3.42. The SMILES string of the molecule is C[C@]1(C(=O)NC2CCCCC2)Cn2c(cc3occc32)C(=O)N1Cc1ccc(F)cc1. The van der Waals surface area contributed by atoms with Crippen molar-refractivity contribution in [2.45, 2.75) is 63.7 Å². The van der Waals surface area contributed by atoms with Gasteiger partial charge in [-0.3, -0.25) is 9.59 Å². The van der Waals surface area contributed by atoms with Gasteiger partial charge in [-0.2, -0.15) is 0 Å². The van der Waals surface area contributed by atoms with Crippen LogP contribution in [-0.4, -0.2) is 32.9 Å². The van der Waals surface area contributed by atoms with Gasteiger partial charge in [0, 0.05) is 24.7 Å². The molecule has 162 valence electrons. The molecule has 2 amide bonds. The van der Waals surface area contributed by atoms with Gasteiger partial charge in [0.25, 0.3) is 5.91 Å². The molecule has 2 aliphatic rings. The second-order valence-corrected chi connectivity index (χ2v) is 8.89. The Kier molecular flexibility index (Phi) is 4.84. The molecule has 1 atom stereocenters. The largest absolute Gasteiger partial charge is 0.463 e. The summed E-state index contributed by atoms with van der Waals surface area (Å²) in [5.41, 5.74) is 1.62. The Bertz CT molecular complexity index is 1130. The van der Waals surface area contributed by atoms with Gasteiger partial charge in [0.1, 0.15) is 17.1 Å². The molecule has 1 fully saturated rings. The third-order valence-corrected chi connectivity index (χ3v) is 6.73. The lowest BCUT2D eigenvalue weighted by Gasteiger charge is -2.44. The lowest BCUT2D eigenvalue weighted by Crippen LogP contribution is -2.64. The molecule has 1 saturated carbocycles. The monoisotopic (exact) mass is 423 g/mol. The van der Waals surface area contributed by atoms with E-state index in [0.29, 0.717) is 17.8 Å². The molecule has 2 aromatic heterocycles. The van der Waals surface area contributed by atoms with Gasteiger partial charge in [0.05, 0.1) is 18.3 Å². The number of halogens is 1. The maximum absolute atomic E-state index is 13.6. The van der Waals surface area contributed by atoms with Gasteiger partial charge in [-0.25, -0.2) is 4.39 Å². The van der Waals surface area contributed by atoms with E-state index in [4.69, 9.17) is 4.42 Å². The number of hydrogen-bond acceptors (Lipinski definition) is 3. The molecule has 3 heterocycles. The van der Waals surface area contributed by atoms with Crippen molar-refractivity contribution in [3.05, 3.63) is 59.7 Å². The zero-order valence-corrected chi connectivity index (χ0v) is 17.6. The van der Waals surface area contributed by atoms with Crippen molar-refractivity contribution in [3.63, 3.8) is 0 Å². The third-order valence-electron chi connectivity index (χ3n) is 6.73. The number of nitrogens with one attached hydrogen (secondary N) is 1. The van der Waals surface area contributed by atoms with E-state index in [1.807, 2.05) is 17.6 Å². The summed E-state index contributed by atoms with van der Waals surface area (Å²) in [5, 5.41) is 3.21. The van der Waals surface area contributed by atoms with Crippen LogP contribution >= 0.6 is 0 Å². The topological polar surface area (TPSA) is 67.5 Å². The quantitative estimate of drug-likeness (QED) is 0.683. The Morgan fingerprint density at radius 3 is 2.68 bits per heavy atom. The summed E-state index contributed by atoms with van der Waals surface area (Å²) in [4.78, 5) is 28.8. The van der Waals surface area contributed by atoms with E-state index < -0.39 is 5.54 Å². The van der Waals surface area contributed by atoms with Crippen molar-refractivity contribution < 1.29 is 18.4 Å². The minimum absolute atomic E-state index is 0.140. The number of fused-ring (bicyclic) bond motifs is 3. The van der Waals surface area contributed by atoms with Crippen LogP contribution in [0.2, 0.25) is 0 Å². The number of aromatic nitrogens is 1. The van der Waals surface area contributed by atoms with Gasteiger partial charge in [-0.1, -0.05) is 31.4 Å². The smallest absolute Gasteiger partial charge is 0.271 e. The Labute approximate surface area is 180 Å². The van der Waals surface area contributed by atoms with Gasteiger partial charge in [0.2, 0.25) is 5.91 Å². The van der Waals surface area contributed by atoms with Crippen LogP contribution in [0.5, 0.6) is 0 Å². The molecule has 1 N–H and O–H groups in total.